The number of hydrogen-bond donors (Lipinski definition) is 0. The third kappa shape index (κ3) is 5.58. The lowest BCUT2D eigenvalue weighted by Crippen LogP contribution is -2.23. The molecule has 1 aromatic carbocycles. The number of hydrogen-bond acceptors (Lipinski definition) is 2. The Morgan fingerprint density at radius 1 is 1.24 bits per heavy atom. The molecule has 0 N–H and O–H groups in total. The van der Waals surface area contributed by atoms with Gasteiger partial charge in [0.2, 0.25) is 0 Å². The van der Waals surface area contributed by atoms with Crippen LogP contribution in [0.3, 0.4) is 0 Å². The van der Waals surface area contributed by atoms with Gasteiger partial charge in [-0.25, -0.2) is 0 Å². The molecule has 0 spiro atoms. The summed E-state index contributed by atoms with van der Waals surface area (Å²) in [4.78, 5) is 6.98. The predicted molar refractivity (Wildman–Crippen MR) is 93.8 cm³/mol. The molecule has 0 unspecified atom stereocenters. The van der Waals surface area contributed by atoms with Crippen molar-refractivity contribution in [3.8, 4) is 0 Å². The van der Waals surface area contributed by atoms with E-state index < -0.39 is 0 Å². The van der Waals surface area contributed by atoms with Gasteiger partial charge in [0.15, 0.2) is 0 Å². The second-order valence-corrected chi connectivity index (χ2v) is 5.33. The Morgan fingerprint density at radius 3 is 2.43 bits per heavy atom. The molecule has 0 aliphatic rings. The third-order valence-electron chi connectivity index (χ3n) is 3.39. The molecule has 0 atom stereocenters. The first kappa shape index (κ1) is 17.2. The quantitative estimate of drug-likeness (QED) is 0.487. The number of aliphatic imine (C=N–C) groups is 1. The Labute approximate surface area is 129 Å². The van der Waals surface area contributed by atoms with Crippen LogP contribution in [0.15, 0.2) is 53.8 Å². The smallest absolute Gasteiger partial charge is 0.0546 e. The summed E-state index contributed by atoms with van der Waals surface area (Å²) in [5.74, 6) is 0. The van der Waals surface area contributed by atoms with E-state index in [-0.39, 0.29) is 0 Å². The van der Waals surface area contributed by atoms with E-state index in [1.807, 2.05) is 12.3 Å². The van der Waals surface area contributed by atoms with Gasteiger partial charge in [0.25, 0.3) is 0 Å². The summed E-state index contributed by atoms with van der Waals surface area (Å²) in [7, 11) is 0. The fourth-order valence-electron chi connectivity index (χ4n) is 2.28. The van der Waals surface area contributed by atoms with Crippen LogP contribution < -0.4 is 0 Å². The van der Waals surface area contributed by atoms with Crippen molar-refractivity contribution >= 4 is 5.71 Å². The highest BCUT2D eigenvalue weighted by atomic mass is 15.1. The van der Waals surface area contributed by atoms with Gasteiger partial charge in [-0.3, -0.25) is 4.99 Å². The average Bonchev–Trinajstić information content (AvgIpc) is 2.48. The summed E-state index contributed by atoms with van der Waals surface area (Å²) < 4.78 is 0. The fraction of sp³-hybridized carbons (Fsp3) is 0.421. The van der Waals surface area contributed by atoms with Crippen LogP contribution in [-0.4, -0.2) is 23.7 Å². The maximum absolute atomic E-state index is 4.63. The van der Waals surface area contributed by atoms with Crippen LogP contribution in [0.1, 0.15) is 44.7 Å². The molecule has 0 fully saturated rings. The minimum absolute atomic E-state index is 1.03. The molecule has 114 valence electrons. The Hall–Kier alpha value is -1.83. The number of nitrogens with zero attached hydrogens (tertiary/aromatic N) is 2. The maximum atomic E-state index is 4.63. The van der Waals surface area contributed by atoms with Gasteiger partial charge in [0, 0.05) is 18.8 Å². The molecular formula is C19H28N2. The highest BCUT2D eigenvalue weighted by molar-refractivity contribution is 5.99. The molecule has 0 aromatic heterocycles. The van der Waals surface area contributed by atoms with E-state index in [9.17, 15) is 0 Å². The average molecular weight is 284 g/mol. The van der Waals surface area contributed by atoms with Crippen LogP contribution in [-0.2, 0) is 0 Å². The molecule has 0 radical (unpaired) electrons. The molecule has 0 saturated heterocycles. The first-order valence-corrected chi connectivity index (χ1v) is 7.81. The first-order valence-electron chi connectivity index (χ1n) is 7.81. The number of aryl methyl sites for hydroxylation is 1. The molecule has 0 aliphatic carbocycles. The lowest BCUT2D eigenvalue weighted by atomic mass is 10.1. The van der Waals surface area contributed by atoms with Crippen molar-refractivity contribution < 1.29 is 0 Å². The summed E-state index contributed by atoms with van der Waals surface area (Å²) in [5, 5.41) is 0. The van der Waals surface area contributed by atoms with Crippen molar-refractivity contribution in [3.05, 3.63) is 59.9 Å². The van der Waals surface area contributed by atoms with Crippen LogP contribution >= 0.6 is 0 Å². The van der Waals surface area contributed by atoms with Gasteiger partial charge in [-0.15, -0.1) is 0 Å². The minimum Gasteiger partial charge on any atom is -0.370 e. The molecule has 0 saturated carbocycles. The van der Waals surface area contributed by atoms with Gasteiger partial charge in [0.05, 0.1) is 11.9 Å². The van der Waals surface area contributed by atoms with Crippen LogP contribution in [0.4, 0.5) is 0 Å². The fourth-order valence-corrected chi connectivity index (χ4v) is 2.28. The molecule has 0 heterocycles. The molecule has 2 heteroatoms. The molecule has 1 rings (SSSR count). The molecule has 2 nitrogen and oxygen atoms in total. The second kappa shape index (κ2) is 9.17. The van der Waals surface area contributed by atoms with E-state index >= 15 is 0 Å². The van der Waals surface area contributed by atoms with Crippen molar-refractivity contribution in [3.63, 3.8) is 0 Å². The van der Waals surface area contributed by atoms with E-state index in [4.69, 9.17) is 0 Å². The Balaban J connectivity index is 2.96. The summed E-state index contributed by atoms with van der Waals surface area (Å²) in [6.07, 6.45) is 6.10. The lowest BCUT2D eigenvalue weighted by Gasteiger charge is -2.24. The summed E-state index contributed by atoms with van der Waals surface area (Å²) in [6, 6.07) is 8.44. The monoisotopic (exact) mass is 284 g/mol. The van der Waals surface area contributed by atoms with Gasteiger partial charge < -0.3 is 4.90 Å². The highest BCUT2D eigenvalue weighted by Gasteiger charge is 2.04. The van der Waals surface area contributed by atoms with Gasteiger partial charge in [-0.05, 0) is 38.3 Å². The molecular weight excluding hydrogens is 256 g/mol. The predicted octanol–water partition coefficient (Wildman–Crippen LogP) is 4.95. The Morgan fingerprint density at radius 2 is 1.90 bits per heavy atom. The zero-order chi connectivity index (χ0) is 15.7. The van der Waals surface area contributed by atoms with Crippen molar-refractivity contribution in [1.29, 1.82) is 0 Å². The van der Waals surface area contributed by atoms with Crippen LogP contribution in [0.2, 0.25) is 0 Å². The standard InChI is InChI=1S/C19H28N2/c1-6-12-21(13-7-2)19(8-3)15-20-17(5)18-11-9-10-16(4)14-18/h8-11,14-15H,3,6-7,12-13H2,1-2,4-5H3/b19-15+,20-17?. The number of allylic oxidation sites excluding steroid dienone is 1. The topological polar surface area (TPSA) is 15.6 Å². The molecule has 0 aliphatic heterocycles. The first-order chi connectivity index (χ1) is 10.1. The van der Waals surface area contributed by atoms with Crippen LogP contribution in [0, 0.1) is 6.92 Å². The van der Waals surface area contributed by atoms with Crippen LogP contribution in [0.5, 0.6) is 0 Å². The van der Waals surface area contributed by atoms with Crippen molar-refractivity contribution in [1.82, 2.24) is 4.90 Å². The van der Waals surface area contributed by atoms with E-state index in [1.54, 1.807) is 0 Å². The zero-order valence-corrected chi connectivity index (χ0v) is 13.9. The van der Waals surface area contributed by atoms with Crippen molar-refractivity contribution in [2.45, 2.75) is 40.5 Å². The van der Waals surface area contributed by atoms with Gasteiger partial charge >= 0.3 is 0 Å². The highest BCUT2D eigenvalue weighted by Crippen LogP contribution is 2.10. The van der Waals surface area contributed by atoms with Crippen molar-refractivity contribution in [2.75, 3.05) is 13.1 Å². The minimum atomic E-state index is 1.03. The number of rotatable bonds is 8. The van der Waals surface area contributed by atoms with E-state index in [2.05, 4.69) is 68.4 Å². The Kier molecular flexibility index (Phi) is 7.52. The second-order valence-electron chi connectivity index (χ2n) is 5.33. The van der Waals surface area contributed by atoms with Gasteiger partial charge in [-0.2, -0.15) is 0 Å². The summed E-state index contributed by atoms with van der Waals surface area (Å²) in [6.45, 7) is 14.6. The van der Waals surface area contributed by atoms with Gasteiger partial charge in [0.1, 0.15) is 0 Å². The van der Waals surface area contributed by atoms with Crippen molar-refractivity contribution in [2.24, 2.45) is 4.99 Å². The van der Waals surface area contributed by atoms with E-state index in [0.29, 0.717) is 0 Å². The number of benzene rings is 1. The molecule has 1 aromatic rings. The maximum Gasteiger partial charge on any atom is 0.0546 e. The van der Waals surface area contributed by atoms with Gasteiger partial charge in [-0.1, -0.05) is 50.3 Å². The summed E-state index contributed by atoms with van der Waals surface area (Å²) in [5.41, 5.74) is 4.57. The lowest BCUT2D eigenvalue weighted by molar-refractivity contribution is 0.354. The van der Waals surface area contributed by atoms with E-state index in [1.165, 1.54) is 11.1 Å². The Bertz CT molecular complexity index is 506. The van der Waals surface area contributed by atoms with E-state index in [0.717, 1.165) is 37.3 Å². The summed E-state index contributed by atoms with van der Waals surface area (Å²) >= 11 is 0. The van der Waals surface area contributed by atoms with Crippen LogP contribution in [0.25, 0.3) is 0 Å². The SMILES string of the molecule is C=C/C(=C\N=C(C)c1cccc(C)c1)N(CCC)CCC. The molecule has 0 amide bonds. The zero-order valence-electron chi connectivity index (χ0n) is 13.9. The molecule has 0 bridgehead atoms. The molecule has 21 heavy (non-hydrogen) atoms. The normalized spacial score (nSPS) is 12.4. The third-order valence-corrected chi connectivity index (χ3v) is 3.39. The largest absolute Gasteiger partial charge is 0.370 e.